The fraction of sp³-hybridized carbons (Fsp3) is 0.350. The van der Waals surface area contributed by atoms with Crippen LogP contribution in [-0.2, 0) is 4.74 Å². The minimum atomic E-state index is -0.260. The molecule has 0 saturated carbocycles. The Balaban J connectivity index is 1.80. The molecule has 0 aliphatic carbocycles. The number of halogens is 1. The maximum absolute atomic E-state index is 12.1. The lowest BCUT2D eigenvalue weighted by Gasteiger charge is -2.38. The van der Waals surface area contributed by atoms with Crippen LogP contribution < -0.4 is 4.74 Å². The van der Waals surface area contributed by atoms with Gasteiger partial charge in [0.05, 0.1) is 6.61 Å². The molecule has 0 bridgehead atoms. The van der Waals surface area contributed by atoms with Gasteiger partial charge < -0.3 is 14.4 Å². The molecular formula is C20H22ClNO3. The summed E-state index contributed by atoms with van der Waals surface area (Å²) < 4.78 is 11.4. The molecule has 1 amide bonds. The van der Waals surface area contributed by atoms with E-state index in [0.29, 0.717) is 24.7 Å². The molecular weight excluding hydrogens is 338 g/mol. The Morgan fingerprint density at radius 2 is 2.00 bits per heavy atom. The number of ether oxygens (including phenoxy) is 2. The third-order valence-corrected chi connectivity index (χ3v) is 4.62. The van der Waals surface area contributed by atoms with Crippen molar-refractivity contribution < 1.29 is 14.3 Å². The van der Waals surface area contributed by atoms with Gasteiger partial charge in [0.1, 0.15) is 11.9 Å². The summed E-state index contributed by atoms with van der Waals surface area (Å²) in [5.74, 6) is 0.835. The van der Waals surface area contributed by atoms with Crippen LogP contribution in [0, 0.1) is 0 Å². The van der Waals surface area contributed by atoms with Crippen molar-refractivity contribution in [1.82, 2.24) is 4.90 Å². The number of hydrogen-bond acceptors (Lipinski definition) is 3. The quantitative estimate of drug-likeness (QED) is 0.791. The number of likely N-dealkylation sites (tertiary alicyclic amines) is 1. The van der Waals surface area contributed by atoms with E-state index in [1.165, 1.54) is 0 Å². The first-order chi connectivity index (χ1) is 12.2. The lowest BCUT2D eigenvalue weighted by molar-refractivity contribution is 0.0574. The number of hydrogen-bond donors (Lipinski definition) is 0. The van der Waals surface area contributed by atoms with Crippen molar-refractivity contribution in [2.24, 2.45) is 0 Å². The van der Waals surface area contributed by atoms with Gasteiger partial charge in [0.15, 0.2) is 0 Å². The maximum atomic E-state index is 12.1. The third kappa shape index (κ3) is 4.45. The van der Waals surface area contributed by atoms with Crippen molar-refractivity contribution in [3.8, 4) is 5.75 Å². The van der Waals surface area contributed by atoms with Gasteiger partial charge in [-0.05, 0) is 30.7 Å². The Morgan fingerprint density at radius 1 is 1.20 bits per heavy atom. The molecule has 2 aromatic carbocycles. The molecule has 1 aliphatic heterocycles. The summed E-state index contributed by atoms with van der Waals surface area (Å²) >= 11 is 6.07. The highest BCUT2D eigenvalue weighted by molar-refractivity contribution is 6.30. The zero-order chi connectivity index (χ0) is 17.6. The molecule has 1 fully saturated rings. The maximum Gasteiger partial charge on any atom is 0.409 e. The first-order valence-electron chi connectivity index (χ1n) is 8.56. The van der Waals surface area contributed by atoms with Gasteiger partial charge in [-0.25, -0.2) is 4.79 Å². The number of nitrogens with zero attached hydrogens (tertiary/aromatic N) is 1. The average molecular weight is 360 g/mol. The van der Waals surface area contributed by atoms with E-state index >= 15 is 0 Å². The minimum absolute atomic E-state index is 0.0217. The summed E-state index contributed by atoms with van der Waals surface area (Å²) in [6, 6.07) is 17.6. The Hall–Kier alpha value is -2.20. The van der Waals surface area contributed by atoms with Crippen LogP contribution in [0.4, 0.5) is 4.79 Å². The van der Waals surface area contributed by atoms with E-state index in [1.807, 2.05) is 49.4 Å². The van der Waals surface area contributed by atoms with Crippen LogP contribution in [0.25, 0.3) is 0 Å². The van der Waals surface area contributed by atoms with Crippen LogP contribution in [0.15, 0.2) is 54.6 Å². The molecule has 2 atom stereocenters. The summed E-state index contributed by atoms with van der Waals surface area (Å²) in [6.45, 7) is 3.40. The van der Waals surface area contributed by atoms with Crippen LogP contribution >= 0.6 is 11.6 Å². The zero-order valence-corrected chi connectivity index (χ0v) is 15.0. The van der Waals surface area contributed by atoms with Gasteiger partial charge in [-0.3, -0.25) is 0 Å². The van der Waals surface area contributed by atoms with E-state index in [2.05, 4.69) is 12.1 Å². The number of amides is 1. The predicted molar refractivity (Wildman–Crippen MR) is 98.3 cm³/mol. The molecule has 25 heavy (non-hydrogen) atoms. The summed E-state index contributed by atoms with van der Waals surface area (Å²) in [4.78, 5) is 13.9. The van der Waals surface area contributed by atoms with Crippen molar-refractivity contribution in [2.45, 2.75) is 25.4 Å². The van der Waals surface area contributed by atoms with Crippen LogP contribution in [0.3, 0.4) is 0 Å². The topological polar surface area (TPSA) is 38.8 Å². The lowest BCUT2D eigenvalue weighted by Crippen LogP contribution is -2.47. The summed E-state index contributed by atoms with van der Waals surface area (Å²) in [6.07, 6.45) is 0.460. The van der Waals surface area contributed by atoms with E-state index in [9.17, 15) is 4.79 Å². The number of rotatable bonds is 4. The Morgan fingerprint density at radius 3 is 2.72 bits per heavy atom. The molecule has 5 heteroatoms. The van der Waals surface area contributed by atoms with Gasteiger partial charge >= 0.3 is 6.09 Å². The van der Waals surface area contributed by atoms with E-state index < -0.39 is 0 Å². The Bertz CT molecular complexity index is 707. The summed E-state index contributed by atoms with van der Waals surface area (Å²) in [5.41, 5.74) is 1.16. The molecule has 0 spiro atoms. The molecule has 0 unspecified atom stereocenters. The molecule has 1 aliphatic rings. The van der Waals surface area contributed by atoms with Gasteiger partial charge in [0, 0.05) is 30.5 Å². The van der Waals surface area contributed by atoms with Gasteiger partial charge in [-0.1, -0.05) is 48.0 Å². The smallest absolute Gasteiger partial charge is 0.409 e. The van der Waals surface area contributed by atoms with Crippen molar-refractivity contribution in [2.75, 3.05) is 19.7 Å². The van der Waals surface area contributed by atoms with E-state index in [1.54, 1.807) is 4.90 Å². The van der Waals surface area contributed by atoms with Crippen molar-refractivity contribution >= 4 is 17.7 Å². The second-order valence-electron chi connectivity index (χ2n) is 6.06. The molecule has 132 valence electrons. The van der Waals surface area contributed by atoms with Crippen LogP contribution in [0.2, 0.25) is 5.02 Å². The first kappa shape index (κ1) is 17.6. The van der Waals surface area contributed by atoms with Crippen molar-refractivity contribution in [1.29, 1.82) is 0 Å². The second-order valence-corrected chi connectivity index (χ2v) is 6.50. The Labute approximate surface area is 153 Å². The Kier molecular flexibility index (Phi) is 5.82. The van der Waals surface area contributed by atoms with Gasteiger partial charge in [-0.15, -0.1) is 0 Å². The molecule has 0 radical (unpaired) electrons. The summed E-state index contributed by atoms with van der Waals surface area (Å²) in [7, 11) is 0. The standard InChI is InChI=1S/C20H22ClNO3/c1-2-24-20(23)22-12-11-19(25-17-10-6-9-16(21)13-17)18(14-22)15-7-4-3-5-8-15/h3-10,13,18-19H,2,11-12,14H2,1H3/t18-,19+/m1/s1. The van der Waals surface area contributed by atoms with E-state index in [0.717, 1.165) is 17.7 Å². The third-order valence-electron chi connectivity index (χ3n) is 4.39. The molecule has 1 saturated heterocycles. The van der Waals surface area contributed by atoms with Gasteiger partial charge in [0.25, 0.3) is 0 Å². The molecule has 3 rings (SSSR count). The molecule has 4 nitrogen and oxygen atoms in total. The highest BCUT2D eigenvalue weighted by atomic mass is 35.5. The molecule has 2 aromatic rings. The second kappa shape index (κ2) is 8.26. The van der Waals surface area contributed by atoms with Crippen LogP contribution in [0.5, 0.6) is 5.75 Å². The first-order valence-corrected chi connectivity index (χ1v) is 8.94. The van der Waals surface area contributed by atoms with Gasteiger partial charge in [0.2, 0.25) is 0 Å². The number of piperidine rings is 1. The summed E-state index contributed by atoms with van der Waals surface area (Å²) in [5, 5.41) is 0.651. The zero-order valence-electron chi connectivity index (χ0n) is 14.2. The SMILES string of the molecule is CCOC(=O)N1CC[C@H](Oc2cccc(Cl)c2)[C@@H](c2ccccc2)C1. The van der Waals surface area contributed by atoms with Crippen LogP contribution in [0.1, 0.15) is 24.8 Å². The van der Waals surface area contributed by atoms with Crippen LogP contribution in [-0.4, -0.2) is 36.8 Å². The molecule has 0 aromatic heterocycles. The minimum Gasteiger partial charge on any atom is -0.490 e. The number of benzene rings is 2. The lowest BCUT2D eigenvalue weighted by atomic mass is 9.88. The highest BCUT2D eigenvalue weighted by Crippen LogP contribution is 2.31. The largest absolute Gasteiger partial charge is 0.490 e. The number of carbonyl (C=O) groups excluding carboxylic acids is 1. The van der Waals surface area contributed by atoms with Crippen molar-refractivity contribution in [3.05, 3.63) is 65.2 Å². The fourth-order valence-electron chi connectivity index (χ4n) is 3.19. The fourth-order valence-corrected chi connectivity index (χ4v) is 3.37. The number of carbonyl (C=O) groups is 1. The highest BCUT2D eigenvalue weighted by Gasteiger charge is 2.34. The molecule has 1 heterocycles. The van der Waals surface area contributed by atoms with Crippen molar-refractivity contribution in [3.63, 3.8) is 0 Å². The monoisotopic (exact) mass is 359 g/mol. The molecule has 0 N–H and O–H groups in total. The normalized spacial score (nSPS) is 20.2. The predicted octanol–water partition coefficient (Wildman–Crippen LogP) is 4.73. The van der Waals surface area contributed by atoms with E-state index in [4.69, 9.17) is 21.1 Å². The van der Waals surface area contributed by atoms with E-state index in [-0.39, 0.29) is 18.1 Å². The van der Waals surface area contributed by atoms with Gasteiger partial charge in [-0.2, -0.15) is 0 Å². The average Bonchev–Trinajstić information content (AvgIpc) is 2.63.